The lowest BCUT2D eigenvalue weighted by molar-refractivity contribution is 0.00578. The molecule has 1 saturated heterocycles. The van der Waals surface area contributed by atoms with Crippen molar-refractivity contribution in [3.8, 4) is 0 Å². The predicted octanol–water partition coefficient (Wildman–Crippen LogP) is 3.34. The van der Waals surface area contributed by atoms with Crippen LogP contribution in [0.25, 0.3) is 0 Å². The van der Waals surface area contributed by atoms with Crippen molar-refractivity contribution in [2.24, 2.45) is 0 Å². The molecule has 8 heteroatoms. The number of halogens is 1. The van der Waals surface area contributed by atoms with Crippen LogP contribution >= 0.6 is 0 Å². The van der Waals surface area contributed by atoms with Gasteiger partial charge in [0.25, 0.3) is 0 Å². The maximum absolute atomic E-state index is 14.8. The Balaban J connectivity index is 2.03. The molecule has 29 heavy (non-hydrogen) atoms. The molecule has 0 saturated carbocycles. The summed E-state index contributed by atoms with van der Waals surface area (Å²) in [6.07, 6.45) is 0. The molecule has 156 valence electrons. The van der Waals surface area contributed by atoms with E-state index in [1.54, 1.807) is 13.8 Å². The molecular weight excluding hydrogens is 392 g/mol. The lowest BCUT2D eigenvalue weighted by Gasteiger charge is -2.32. The topological polar surface area (TPSA) is 64.6 Å². The van der Waals surface area contributed by atoms with Crippen molar-refractivity contribution in [2.45, 2.75) is 63.2 Å². The number of hydrogen-bond donors (Lipinski definition) is 1. The fourth-order valence-corrected chi connectivity index (χ4v) is 4.89. The fraction of sp³-hybridized carbons (Fsp3) is 0.429. The first-order valence-electron chi connectivity index (χ1n) is 9.50. The Morgan fingerprint density at radius 3 is 2.03 bits per heavy atom. The Kier molecular flexibility index (Phi) is 5.45. The molecule has 0 spiro atoms. The van der Waals surface area contributed by atoms with Crippen LogP contribution in [0.3, 0.4) is 0 Å². The molecule has 0 radical (unpaired) electrons. The van der Waals surface area contributed by atoms with Crippen molar-refractivity contribution in [1.82, 2.24) is 4.72 Å². The van der Waals surface area contributed by atoms with Crippen molar-refractivity contribution in [2.75, 3.05) is 0 Å². The summed E-state index contributed by atoms with van der Waals surface area (Å²) >= 11 is 0. The molecule has 0 aliphatic carbocycles. The summed E-state index contributed by atoms with van der Waals surface area (Å²) in [4.78, 5) is -0.194. The van der Waals surface area contributed by atoms with E-state index in [4.69, 9.17) is 9.31 Å². The van der Waals surface area contributed by atoms with Crippen molar-refractivity contribution >= 4 is 22.6 Å². The monoisotopic (exact) mass is 419 g/mol. The normalized spacial score (nSPS) is 18.8. The molecule has 1 aliphatic heterocycles. The second-order valence-corrected chi connectivity index (χ2v) is 10.5. The van der Waals surface area contributed by atoms with E-state index in [9.17, 15) is 12.8 Å². The van der Waals surface area contributed by atoms with E-state index in [0.29, 0.717) is 0 Å². The highest BCUT2D eigenvalue weighted by atomic mass is 32.2. The van der Waals surface area contributed by atoms with Gasteiger partial charge in [-0.25, -0.2) is 17.5 Å². The largest absolute Gasteiger partial charge is 0.499 e. The van der Waals surface area contributed by atoms with Crippen LogP contribution in [0.5, 0.6) is 0 Å². The molecular formula is C21H27BFNO4S. The Labute approximate surface area is 172 Å². The Bertz CT molecular complexity index is 991. The zero-order valence-corrected chi connectivity index (χ0v) is 18.4. The molecule has 2 aromatic rings. The van der Waals surface area contributed by atoms with Gasteiger partial charge in [-0.15, -0.1) is 0 Å². The first kappa shape index (κ1) is 22.0. The third kappa shape index (κ3) is 4.12. The smallest absolute Gasteiger partial charge is 0.399 e. The number of hydrogen-bond acceptors (Lipinski definition) is 4. The average Bonchev–Trinajstić information content (AvgIpc) is 2.82. The number of nitrogens with one attached hydrogen (secondary N) is 1. The molecule has 3 rings (SSSR count). The van der Waals surface area contributed by atoms with E-state index >= 15 is 0 Å². The van der Waals surface area contributed by atoms with Crippen molar-refractivity contribution in [3.63, 3.8) is 0 Å². The maximum Gasteiger partial charge on any atom is 0.499 e. The Morgan fingerprint density at radius 2 is 1.48 bits per heavy atom. The minimum absolute atomic E-state index is 0.123. The molecule has 2 aromatic carbocycles. The molecule has 5 nitrogen and oxygen atoms in total. The lowest BCUT2D eigenvalue weighted by Crippen LogP contribution is -2.46. The van der Waals surface area contributed by atoms with Gasteiger partial charge in [-0.3, -0.25) is 0 Å². The van der Waals surface area contributed by atoms with Crippen LogP contribution in [0.15, 0.2) is 53.4 Å². The van der Waals surface area contributed by atoms with Crippen LogP contribution < -0.4 is 10.2 Å². The number of benzene rings is 2. The van der Waals surface area contributed by atoms with Gasteiger partial charge in [-0.05, 0) is 59.2 Å². The van der Waals surface area contributed by atoms with Crippen molar-refractivity contribution < 1.29 is 22.1 Å². The van der Waals surface area contributed by atoms with Crippen LogP contribution in [-0.4, -0.2) is 26.7 Å². The summed E-state index contributed by atoms with van der Waals surface area (Å²) in [5.74, 6) is -0.691. The highest BCUT2D eigenvalue weighted by molar-refractivity contribution is 7.89. The Hall–Kier alpha value is -1.74. The fourth-order valence-electron chi connectivity index (χ4n) is 3.25. The molecule has 0 atom stereocenters. The summed E-state index contributed by atoms with van der Waals surface area (Å²) in [5.41, 5.74) is -1.69. The van der Waals surface area contributed by atoms with Gasteiger partial charge in [0.2, 0.25) is 10.0 Å². The van der Waals surface area contributed by atoms with Gasteiger partial charge in [0.1, 0.15) is 5.82 Å². The van der Waals surface area contributed by atoms with E-state index in [1.165, 1.54) is 18.2 Å². The number of rotatable bonds is 5. The highest BCUT2D eigenvalue weighted by Gasteiger charge is 2.53. The molecule has 1 fully saturated rings. The SMILES string of the molecule is CC(C)(NS(=O)(=O)c1cccc(F)c1B1OC(C)(C)C(C)(C)O1)c1ccccc1. The van der Waals surface area contributed by atoms with E-state index in [-0.39, 0.29) is 10.4 Å². The van der Waals surface area contributed by atoms with Crippen LogP contribution in [0.1, 0.15) is 47.1 Å². The molecule has 1 N–H and O–H groups in total. The van der Waals surface area contributed by atoms with Gasteiger partial charge in [0.15, 0.2) is 0 Å². The van der Waals surface area contributed by atoms with Gasteiger partial charge in [0.05, 0.1) is 21.6 Å². The summed E-state index contributed by atoms with van der Waals surface area (Å²) < 4.78 is 56.0. The standard InChI is InChI=1S/C21H27BFNO4S/c1-19(2,15-11-8-7-9-12-15)24-29(25,26)17-14-10-13-16(23)18(17)22-27-20(3,4)21(5,6)28-22/h7-14,24H,1-6H3. The van der Waals surface area contributed by atoms with Crippen molar-refractivity contribution in [3.05, 3.63) is 59.9 Å². The second kappa shape index (κ2) is 7.20. The van der Waals surface area contributed by atoms with Gasteiger partial charge >= 0.3 is 7.12 Å². The molecule has 0 aromatic heterocycles. The zero-order valence-electron chi connectivity index (χ0n) is 17.6. The van der Waals surface area contributed by atoms with Gasteiger partial charge in [-0.1, -0.05) is 36.4 Å². The number of sulfonamides is 1. The summed E-state index contributed by atoms with van der Waals surface area (Å²) in [7, 11) is -5.21. The van der Waals surface area contributed by atoms with Crippen molar-refractivity contribution in [1.29, 1.82) is 0 Å². The third-order valence-electron chi connectivity index (χ3n) is 5.68. The highest BCUT2D eigenvalue weighted by Crippen LogP contribution is 2.37. The van der Waals surface area contributed by atoms with Crippen LogP contribution in [0.2, 0.25) is 0 Å². The average molecular weight is 419 g/mol. The van der Waals surface area contributed by atoms with E-state index in [2.05, 4.69) is 4.72 Å². The zero-order chi connectivity index (χ0) is 21.7. The molecule has 0 bridgehead atoms. The minimum Gasteiger partial charge on any atom is -0.399 e. The summed E-state index contributed by atoms with van der Waals surface area (Å²) in [6, 6.07) is 13.2. The molecule has 1 heterocycles. The Morgan fingerprint density at radius 1 is 0.931 bits per heavy atom. The van der Waals surface area contributed by atoms with Gasteiger partial charge in [0, 0.05) is 5.46 Å². The first-order valence-corrected chi connectivity index (χ1v) is 11.0. The predicted molar refractivity (Wildman–Crippen MR) is 112 cm³/mol. The van der Waals surface area contributed by atoms with Crippen LogP contribution in [-0.2, 0) is 24.9 Å². The van der Waals surface area contributed by atoms with E-state index in [0.717, 1.165) is 5.56 Å². The lowest BCUT2D eigenvalue weighted by atomic mass is 9.78. The maximum atomic E-state index is 14.8. The van der Waals surface area contributed by atoms with Crippen LogP contribution in [0, 0.1) is 5.82 Å². The summed E-state index contributed by atoms with van der Waals surface area (Å²) in [6.45, 7) is 10.8. The van der Waals surface area contributed by atoms with Gasteiger partial charge in [-0.2, -0.15) is 0 Å². The first-order chi connectivity index (χ1) is 13.3. The molecule has 0 amide bonds. The second-order valence-electron chi connectivity index (χ2n) is 8.84. The van der Waals surface area contributed by atoms with Gasteiger partial charge < -0.3 is 9.31 Å². The third-order valence-corrected chi connectivity index (χ3v) is 7.39. The minimum atomic E-state index is -4.08. The van der Waals surface area contributed by atoms with E-state index in [1.807, 2.05) is 58.0 Å². The quantitative estimate of drug-likeness (QED) is 0.756. The molecule has 1 aliphatic rings. The van der Waals surface area contributed by atoms with Crippen LogP contribution in [0.4, 0.5) is 4.39 Å². The summed E-state index contributed by atoms with van der Waals surface area (Å²) in [5, 5.41) is 0. The molecule has 0 unspecified atom stereocenters. The van der Waals surface area contributed by atoms with E-state index < -0.39 is 39.7 Å².